The molecule has 0 bridgehead atoms. The molecule has 172 valence electrons. The quantitative estimate of drug-likeness (QED) is 0.409. The highest BCUT2D eigenvalue weighted by atomic mass is 32.2. The molecule has 0 fully saturated rings. The van der Waals surface area contributed by atoms with Gasteiger partial charge in [0.05, 0.1) is 28.8 Å². The number of para-hydroxylation sites is 1. The molecule has 34 heavy (non-hydrogen) atoms. The van der Waals surface area contributed by atoms with Crippen molar-refractivity contribution in [2.45, 2.75) is 11.4 Å². The fourth-order valence-corrected chi connectivity index (χ4v) is 5.31. The molecule has 3 aromatic carbocycles. The Morgan fingerprint density at radius 2 is 1.85 bits per heavy atom. The molecule has 0 aliphatic carbocycles. The predicted molar refractivity (Wildman–Crippen MR) is 129 cm³/mol. The van der Waals surface area contributed by atoms with E-state index in [0.717, 1.165) is 11.3 Å². The molecule has 0 spiro atoms. The molecule has 0 aliphatic rings. The lowest BCUT2D eigenvalue weighted by Crippen LogP contribution is -2.17. The second kappa shape index (κ2) is 9.51. The maximum absolute atomic E-state index is 14.3. The number of hydrogen-bond acceptors (Lipinski definition) is 5. The number of nitrogens with zero attached hydrogens (tertiary/aromatic N) is 2. The number of thiazole rings is 1. The molecule has 1 amide bonds. The van der Waals surface area contributed by atoms with Crippen molar-refractivity contribution in [3.05, 3.63) is 82.9 Å². The van der Waals surface area contributed by atoms with E-state index in [2.05, 4.69) is 15.6 Å². The fourth-order valence-electron chi connectivity index (χ4n) is 3.21. The van der Waals surface area contributed by atoms with Crippen molar-refractivity contribution in [1.82, 2.24) is 4.57 Å². The van der Waals surface area contributed by atoms with Crippen molar-refractivity contribution >= 4 is 43.2 Å². The third kappa shape index (κ3) is 4.71. The minimum atomic E-state index is -3.82. The minimum absolute atomic E-state index is 0.0547. The summed E-state index contributed by atoms with van der Waals surface area (Å²) in [4.78, 5) is 17.2. The van der Waals surface area contributed by atoms with Gasteiger partial charge in [0, 0.05) is 11.3 Å². The molecule has 0 saturated heterocycles. The van der Waals surface area contributed by atoms with Crippen molar-refractivity contribution in [3.63, 3.8) is 0 Å². The number of methoxy groups -OCH3 is 1. The molecule has 10 heteroatoms. The van der Waals surface area contributed by atoms with Crippen molar-refractivity contribution in [2.75, 3.05) is 11.8 Å². The second-order valence-corrected chi connectivity index (χ2v) is 9.73. The maximum Gasteiger partial charge on any atom is 0.279 e. The molecule has 0 saturated carbocycles. The molecule has 0 unspecified atom stereocenters. The zero-order valence-corrected chi connectivity index (χ0v) is 19.5. The summed E-state index contributed by atoms with van der Waals surface area (Å²) in [6, 6.07) is 16.4. The Morgan fingerprint density at radius 3 is 2.50 bits per heavy atom. The Balaban J connectivity index is 1.59. The third-order valence-corrected chi connectivity index (χ3v) is 7.29. The van der Waals surface area contributed by atoms with Crippen molar-refractivity contribution in [3.8, 4) is 18.1 Å². The average Bonchev–Trinajstić information content (AvgIpc) is 3.17. The van der Waals surface area contributed by atoms with Crippen molar-refractivity contribution in [1.29, 1.82) is 0 Å². The van der Waals surface area contributed by atoms with E-state index in [1.807, 2.05) is 0 Å². The highest BCUT2D eigenvalue weighted by Crippen LogP contribution is 2.21. The van der Waals surface area contributed by atoms with E-state index in [-0.39, 0.29) is 27.5 Å². The van der Waals surface area contributed by atoms with Gasteiger partial charge in [0.15, 0.2) is 4.80 Å². The van der Waals surface area contributed by atoms with Crippen LogP contribution in [-0.4, -0.2) is 26.0 Å². The lowest BCUT2D eigenvalue weighted by molar-refractivity contribution is 0.0998. The van der Waals surface area contributed by atoms with Crippen LogP contribution in [0.5, 0.6) is 5.75 Å². The number of rotatable bonds is 6. The number of hydrogen-bond donors (Lipinski definition) is 1. The van der Waals surface area contributed by atoms with Crippen LogP contribution in [0.15, 0.2) is 76.6 Å². The Morgan fingerprint density at radius 1 is 1.15 bits per heavy atom. The van der Waals surface area contributed by atoms with Gasteiger partial charge in [0.25, 0.3) is 15.9 Å². The number of amides is 1. The van der Waals surface area contributed by atoms with E-state index < -0.39 is 21.7 Å². The van der Waals surface area contributed by atoms with E-state index in [1.54, 1.807) is 24.3 Å². The number of aromatic nitrogens is 1. The standard InChI is InChI=1S/C24H18FN3O4S2/c1-3-15-28-22-20(25)5-4-6-21(22)33-24(28)26-23(29)16-7-9-17(10-8-16)27-34(30,31)19-13-11-18(32-2)12-14-19/h1,4-14,27H,15H2,2H3. The van der Waals surface area contributed by atoms with Crippen molar-refractivity contribution < 1.29 is 22.3 Å². The van der Waals surface area contributed by atoms with Gasteiger partial charge in [-0.15, -0.1) is 6.42 Å². The van der Waals surface area contributed by atoms with Gasteiger partial charge < -0.3 is 9.30 Å². The molecular formula is C24H18FN3O4S2. The molecule has 1 aromatic heterocycles. The number of carbonyl (C=O) groups is 1. The number of ether oxygens (including phenoxy) is 1. The molecule has 4 rings (SSSR count). The number of sulfonamides is 1. The minimum Gasteiger partial charge on any atom is -0.497 e. The average molecular weight is 496 g/mol. The fraction of sp³-hybridized carbons (Fsp3) is 0.0833. The second-order valence-electron chi connectivity index (χ2n) is 7.04. The Labute approximate surface area is 199 Å². The molecule has 1 N–H and O–H groups in total. The molecule has 1 heterocycles. The number of terminal acetylenes is 1. The summed E-state index contributed by atoms with van der Waals surface area (Å²) in [7, 11) is -2.33. The summed E-state index contributed by atoms with van der Waals surface area (Å²) in [5, 5.41) is 0. The summed E-state index contributed by atoms with van der Waals surface area (Å²) in [5.41, 5.74) is 0.802. The first-order chi connectivity index (χ1) is 16.3. The monoisotopic (exact) mass is 495 g/mol. The first-order valence-corrected chi connectivity index (χ1v) is 12.2. The molecule has 0 atom stereocenters. The maximum atomic E-state index is 14.3. The number of benzene rings is 3. The Kier molecular flexibility index (Phi) is 6.49. The molecule has 0 aliphatic heterocycles. The van der Waals surface area contributed by atoms with Crippen LogP contribution in [0.2, 0.25) is 0 Å². The van der Waals surface area contributed by atoms with Gasteiger partial charge in [0.1, 0.15) is 11.6 Å². The number of fused-ring (bicyclic) bond motifs is 1. The lowest BCUT2D eigenvalue weighted by Gasteiger charge is -2.09. The summed E-state index contributed by atoms with van der Waals surface area (Å²) in [6.07, 6.45) is 5.42. The SMILES string of the molecule is C#CCn1c(=NC(=O)c2ccc(NS(=O)(=O)c3ccc(OC)cc3)cc2)sc2cccc(F)c21. The van der Waals surface area contributed by atoms with Crippen LogP contribution in [-0.2, 0) is 16.6 Å². The van der Waals surface area contributed by atoms with Crippen LogP contribution in [0, 0.1) is 18.2 Å². The first kappa shape index (κ1) is 23.2. The highest BCUT2D eigenvalue weighted by Gasteiger charge is 2.15. The van der Waals surface area contributed by atoms with E-state index in [1.165, 1.54) is 54.1 Å². The molecule has 4 aromatic rings. The first-order valence-electron chi connectivity index (χ1n) is 9.89. The van der Waals surface area contributed by atoms with Gasteiger partial charge in [-0.3, -0.25) is 9.52 Å². The summed E-state index contributed by atoms with van der Waals surface area (Å²) in [6.45, 7) is 0.0547. The van der Waals surface area contributed by atoms with E-state index in [4.69, 9.17) is 11.2 Å². The van der Waals surface area contributed by atoms with E-state index >= 15 is 0 Å². The zero-order chi connectivity index (χ0) is 24.3. The number of carbonyl (C=O) groups excluding carboxylic acids is 1. The molecule has 0 radical (unpaired) electrons. The van der Waals surface area contributed by atoms with Crippen molar-refractivity contribution in [2.24, 2.45) is 4.99 Å². The zero-order valence-electron chi connectivity index (χ0n) is 17.9. The van der Waals surface area contributed by atoms with Crippen LogP contribution < -0.4 is 14.3 Å². The van der Waals surface area contributed by atoms with Gasteiger partial charge in [0.2, 0.25) is 0 Å². The van der Waals surface area contributed by atoms with Crippen LogP contribution >= 0.6 is 11.3 Å². The largest absolute Gasteiger partial charge is 0.497 e. The van der Waals surface area contributed by atoms with Gasteiger partial charge in [-0.05, 0) is 60.7 Å². The number of anilines is 1. The van der Waals surface area contributed by atoms with Crippen LogP contribution in [0.1, 0.15) is 10.4 Å². The lowest BCUT2D eigenvalue weighted by atomic mass is 10.2. The summed E-state index contributed by atoms with van der Waals surface area (Å²) in [5.74, 6) is 1.97. The van der Waals surface area contributed by atoms with Crippen LogP contribution in [0.4, 0.5) is 10.1 Å². The van der Waals surface area contributed by atoms with E-state index in [0.29, 0.717) is 16.0 Å². The van der Waals surface area contributed by atoms with E-state index in [9.17, 15) is 17.6 Å². The number of halogens is 1. The van der Waals surface area contributed by atoms with Gasteiger partial charge in [-0.1, -0.05) is 23.3 Å². The smallest absolute Gasteiger partial charge is 0.279 e. The van der Waals surface area contributed by atoms with Gasteiger partial charge in [-0.2, -0.15) is 4.99 Å². The van der Waals surface area contributed by atoms with Gasteiger partial charge in [-0.25, -0.2) is 12.8 Å². The summed E-state index contributed by atoms with van der Waals surface area (Å²) >= 11 is 1.15. The predicted octanol–water partition coefficient (Wildman–Crippen LogP) is 4.03. The number of nitrogens with one attached hydrogen (secondary N) is 1. The Bertz CT molecular complexity index is 1580. The summed E-state index contributed by atoms with van der Waals surface area (Å²) < 4.78 is 49.1. The van der Waals surface area contributed by atoms with Crippen LogP contribution in [0.25, 0.3) is 10.2 Å². The topological polar surface area (TPSA) is 89.8 Å². The third-order valence-electron chi connectivity index (χ3n) is 4.85. The highest BCUT2D eigenvalue weighted by molar-refractivity contribution is 7.92. The van der Waals surface area contributed by atoms with Gasteiger partial charge >= 0.3 is 0 Å². The Hall–Kier alpha value is -3.94. The molecule has 7 nitrogen and oxygen atoms in total. The molecular weight excluding hydrogens is 477 g/mol. The van der Waals surface area contributed by atoms with Crippen LogP contribution in [0.3, 0.4) is 0 Å². The normalized spacial score (nSPS) is 11.9.